The Balaban J connectivity index is 1.56. The van der Waals surface area contributed by atoms with Gasteiger partial charge in [-0.2, -0.15) is 0 Å². The maximum Gasteiger partial charge on any atom is 0.231 e. The van der Waals surface area contributed by atoms with Gasteiger partial charge in [-0.3, -0.25) is 4.79 Å². The van der Waals surface area contributed by atoms with E-state index in [1.165, 1.54) is 16.0 Å². The maximum atomic E-state index is 12.8. The van der Waals surface area contributed by atoms with Crippen LogP contribution in [0.4, 0.5) is 0 Å². The van der Waals surface area contributed by atoms with Crippen molar-refractivity contribution in [2.45, 2.75) is 25.9 Å². The number of nitrogens with one attached hydrogen (secondary N) is 1. The number of rotatable bonds is 5. The van der Waals surface area contributed by atoms with E-state index in [1.807, 2.05) is 42.3 Å². The molecule has 0 aliphatic carbocycles. The fourth-order valence-electron chi connectivity index (χ4n) is 3.66. The summed E-state index contributed by atoms with van der Waals surface area (Å²) < 4.78 is 0. The van der Waals surface area contributed by atoms with Crippen molar-refractivity contribution >= 4 is 17.5 Å². The van der Waals surface area contributed by atoms with Crippen molar-refractivity contribution in [3.8, 4) is 0 Å². The van der Waals surface area contributed by atoms with Crippen molar-refractivity contribution in [2.75, 3.05) is 20.1 Å². The number of likely N-dealkylation sites (tertiary alicyclic amines) is 1. The summed E-state index contributed by atoms with van der Waals surface area (Å²) in [6, 6.07) is 18.2. The molecular formula is C21H26ClN2O+. The number of quaternary nitrogens is 1. The van der Waals surface area contributed by atoms with E-state index < -0.39 is 0 Å². The molecule has 25 heavy (non-hydrogen) atoms. The molecule has 1 heterocycles. The van der Waals surface area contributed by atoms with Crippen LogP contribution in [0.2, 0.25) is 5.02 Å². The van der Waals surface area contributed by atoms with Crippen LogP contribution in [0.15, 0.2) is 54.6 Å². The van der Waals surface area contributed by atoms with E-state index >= 15 is 0 Å². The molecule has 132 valence electrons. The second kappa shape index (κ2) is 8.50. The maximum absolute atomic E-state index is 12.8. The van der Waals surface area contributed by atoms with Gasteiger partial charge >= 0.3 is 0 Å². The average Bonchev–Trinajstić information content (AvgIpc) is 2.64. The van der Waals surface area contributed by atoms with E-state index in [0.717, 1.165) is 37.5 Å². The molecule has 1 amide bonds. The molecule has 2 aromatic carbocycles. The Morgan fingerprint density at radius 2 is 1.84 bits per heavy atom. The minimum absolute atomic E-state index is 0.129. The number of benzene rings is 2. The highest BCUT2D eigenvalue weighted by Crippen LogP contribution is 2.14. The van der Waals surface area contributed by atoms with Gasteiger partial charge in [0.05, 0.1) is 19.0 Å². The number of piperidine rings is 1. The summed E-state index contributed by atoms with van der Waals surface area (Å²) in [4.78, 5) is 16.2. The highest BCUT2D eigenvalue weighted by atomic mass is 35.5. The second-order valence-corrected chi connectivity index (χ2v) is 7.46. The number of amides is 1. The topological polar surface area (TPSA) is 24.8 Å². The van der Waals surface area contributed by atoms with Crippen LogP contribution in [-0.4, -0.2) is 30.9 Å². The second-order valence-electron chi connectivity index (χ2n) is 7.03. The molecule has 0 aromatic heterocycles. The zero-order chi connectivity index (χ0) is 17.6. The Morgan fingerprint density at radius 3 is 2.56 bits per heavy atom. The first-order valence-corrected chi connectivity index (χ1v) is 9.36. The Bertz CT molecular complexity index is 687. The monoisotopic (exact) mass is 357 g/mol. The van der Waals surface area contributed by atoms with Crippen LogP contribution in [0.1, 0.15) is 24.0 Å². The first-order chi connectivity index (χ1) is 12.1. The summed E-state index contributed by atoms with van der Waals surface area (Å²) in [6.45, 7) is 3.70. The van der Waals surface area contributed by atoms with Gasteiger partial charge < -0.3 is 9.80 Å². The normalized spacial score (nSPS) is 20.2. The summed E-state index contributed by atoms with van der Waals surface area (Å²) in [5.41, 5.74) is 2.46. The number of halogens is 1. The molecule has 1 saturated heterocycles. The lowest BCUT2D eigenvalue weighted by atomic mass is 9.96. The fourth-order valence-corrected chi connectivity index (χ4v) is 3.79. The number of hydrogen-bond donors (Lipinski definition) is 1. The quantitative estimate of drug-likeness (QED) is 0.874. The van der Waals surface area contributed by atoms with Crippen molar-refractivity contribution < 1.29 is 9.69 Å². The fraction of sp³-hybridized carbons (Fsp3) is 0.381. The van der Waals surface area contributed by atoms with Gasteiger partial charge in [0.15, 0.2) is 0 Å². The lowest BCUT2D eigenvalue weighted by Crippen LogP contribution is -3.12. The van der Waals surface area contributed by atoms with E-state index in [1.54, 1.807) is 0 Å². The number of nitrogens with zero attached hydrogens (tertiary/aromatic N) is 1. The molecular weight excluding hydrogens is 332 g/mol. The van der Waals surface area contributed by atoms with E-state index in [9.17, 15) is 4.79 Å². The standard InChI is InChI=1S/C21H25ClN2O/c1-23(14-17-6-3-2-4-7-17)21(25)19-8-5-13-24(16-19)15-18-9-11-20(22)12-10-18/h2-4,6-7,9-12,19H,5,8,13-16H2,1H3/p+1/t19-/m1/s1. The van der Waals surface area contributed by atoms with Crippen molar-refractivity contribution in [3.05, 3.63) is 70.7 Å². The van der Waals surface area contributed by atoms with Crippen LogP contribution < -0.4 is 4.90 Å². The molecule has 1 N–H and O–H groups in total. The Morgan fingerprint density at radius 1 is 1.12 bits per heavy atom. The van der Waals surface area contributed by atoms with Crippen LogP contribution in [0, 0.1) is 5.92 Å². The average molecular weight is 358 g/mol. The molecule has 1 aliphatic rings. The summed E-state index contributed by atoms with van der Waals surface area (Å²) in [6.07, 6.45) is 2.11. The number of carbonyl (C=O) groups excluding carboxylic acids is 1. The van der Waals surface area contributed by atoms with Crippen molar-refractivity contribution in [3.63, 3.8) is 0 Å². The van der Waals surface area contributed by atoms with E-state index in [-0.39, 0.29) is 11.8 Å². The minimum atomic E-state index is 0.129. The SMILES string of the molecule is CN(Cc1ccccc1)C(=O)[C@@H]1CCC[NH+](Cc2ccc(Cl)cc2)C1. The molecule has 0 bridgehead atoms. The van der Waals surface area contributed by atoms with Gasteiger partial charge in [-0.05, 0) is 30.5 Å². The third-order valence-corrected chi connectivity index (χ3v) is 5.23. The molecule has 0 saturated carbocycles. The van der Waals surface area contributed by atoms with Gasteiger partial charge in [0.1, 0.15) is 6.54 Å². The summed E-state index contributed by atoms with van der Waals surface area (Å²) in [7, 11) is 1.92. The Kier molecular flexibility index (Phi) is 6.11. The van der Waals surface area contributed by atoms with Crippen molar-refractivity contribution in [1.82, 2.24) is 4.90 Å². The largest absolute Gasteiger partial charge is 0.341 e. The number of carbonyl (C=O) groups is 1. The molecule has 0 radical (unpaired) electrons. The van der Waals surface area contributed by atoms with Crippen LogP contribution in [-0.2, 0) is 17.9 Å². The molecule has 2 aromatic rings. The third-order valence-electron chi connectivity index (χ3n) is 4.97. The smallest absolute Gasteiger partial charge is 0.231 e. The van der Waals surface area contributed by atoms with E-state index in [4.69, 9.17) is 11.6 Å². The van der Waals surface area contributed by atoms with Gasteiger partial charge in [-0.1, -0.05) is 54.1 Å². The van der Waals surface area contributed by atoms with Crippen LogP contribution in [0.25, 0.3) is 0 Å². The summed E-state index contributed by atoms with van der Waals surface area (Å²) in [5, 5.41) is 0.771. The Hall–Kier alpha value is -1.84. The summed E-state index contributed by atoms with van der Waals surface area (Å²) >= 11 is 5.96. The van der Waals surface area contributed by atoms with Gasteiger partial charge in [0.2, 0.25) is 5.91 Å². The van der Waals surface area contributed by atoms with Crippen LogP contribution in [0.5, 0.6) is 0 Å². The van der Waals surface area contributed by atoms with Gasteiger partial charge in [-0.15, -0.1) is 0 Å². The lowest BCUT2D eigenvalue weighted by Gasteiger charge is -2.31. The minimum Gasteiger partial charge on any atom is -0.341 e. The molecule has 3 rings (SSSR count). The predicted octanol–water partition coefficient (Wildman–Crippen LogP) is 2.79. The highest BCUT2D eigenvalue weighted by molar-refractivity contribution is 6.30. The highest BCUT2D eigenvalue weighted by Gasteiger charge is 2.30. The summed E-state index contributed by atoms with van der Waals surface area (Å²) in [5.74, 6) is 0.405. The van der Waals surface area contributed by atoms with Crippen LogP contribution in [0.3, 0.4) is 0 Å². The van der Waals surface area contributed by atoms with Gasteiger partial charge in [0.25, 0.3) is 0 Å². The lowest BCUT2D eigenvalue weighted by molar-refractivity contribution is -0.921. The first-order valence-electron chi connectivity index (χ1n) is 8.99. The molecule has 3 nitrogen and oxygen atoms in total. The molecule has 4 heteroatoms. The molecule has 1 fully saturated rings. The van der Waals surface area contributed by atoms with Crippen molar-refractivity contribution in [1.29, 1.82) is 0 Å². The number of hydrogen-bond acceptors (Lipinski definition) is 1. The van der Waals surface area contributed by atoms with Crippen molar-refractivity contribution in [2.24, 2.45) is 5.92 Å². The molecule has 2 atom stereocenters. The van der Waals surface area contributed by atoms with Crippen LogP contribution >= 0.6 is 11.6 Å². The van der Waals surface area contributed by atoms with E-state index in [0.29, 0.717) is 6.54 Å². The Labute approximate surface area is 155 Å². The van der Waals surface area contributed by atoms with Gasteiger partial charge in [0, 0.05) is 24.2 Å². The first kappa shape index (κ1) is 18.0. The van der Waals surface area contributed by atoms with E-state index in [2.05, 4.69) is 24.3 Å². The third kappa shape index (κ3) is 5.07. The molecule has 1 aliphatic heterocycles. The van der Waals surface area contributed by atoms with Gasteiger partial charge in [-0.25, -0.2) is 0 Å². The predicted molar refractivity (Wildman–Crippen MR) is 101 cm³/mol. The zero-order valence-corrected chi connectivity index (χ0v) is 15.5. The molecule has 1 unspecified atom stereocenters. The zero-order valence-electron chi connectivity index (χ0n) is 14.7. The molecule has 0 spiro atoms.